The first-order valence-electron chi connectivity index (χ1n) is 7.72. The molecule has 1 saturated carbocycles. The van der Waals surface area contributed by atoms with Crippen molar-refractivity contribution in [2.75, 3.05) is 5.43 Å². The zero-order valence-electron chi connectivity index (χ0n) is 13.4. The van der Waals surface area contributed by atoms with Crippen LogP contribution < -0.4 is 5.43 Å². The molecule has 2 atom stereocenters. The zero-order chi connectivity index (χ0) is 17.5. The minimum atomic E-state index is -0.665. The molecule has 0 aromatic heterocycles. The van der Waals surface area contributed by atoms with E-state index in [-0.39, 0.29) is 22.5 Å². The Labute approximate surface area is 138 Å². The molecule has 8 heteroatoms. The normalized spacial score (nSPS) is 24.2. The standard InChI is InChI=1S/C16H18N4O4/c1-16(2)11-4-3-10(13(16)7-11)9-17-18-14-6-5-12(19(21)22)8-15(14)20(23)24/h3,5-6,8-9,11,13,18H,4,7H2,1-2H3/b17-9-/t11-,13-/m1/s1. The maximum atomic E-state index is 11.1. The molecule has 126 valence electrons. The smallest absolute Gasteiger partial charge is 0.272 e. The molecule has 8 nitrogen and oxygen atoms in total. The number of fused-ring (bicyclic) bond motifs is 1. The third-order valence-corrected chi connectivity index (χ3v) is 5.30. The minimum Gasteiger partial charge on any atom is -0.272 e. The molecule has 0 aliphatic heterocycles. The number of nitro benzene ring substituents is 2. The van der Waals surface area contributed by atoms with Crippen LogP contribution in [-0.4, -0.2) is 16.1 Å². The molecule has 0 radical (unpaired) electrons. The summed E-state index contributed by atoms with van der Waals surface area (Å²) < 4.78 is 0. The Morgan fingerprint density at radius 1 is 1.29 bits per heavy atom. The monoisotopic (exact) mass is 330 g/mol. The van der Waals surface area contributed by atoms with Crippen molar-refractivity contribution in [3.8, 4) is 0 Å². The van der Waals surface area contributed by atoms with Gasteiger partial charge in [-0.1, -0.05) is 19.9 Å². The first-order valence-corrected chi connectivity index (χ1v) is 7.72. The molecule has 1 aromatic rings. The molecule has 2 bridgehead atoms. The Hall–Kier alpha value is -2.77. The van der Waals surface area contributed by atoms with Gasteiger partial charge in [0, 0.05) is 6.07 Å². The number of nitrogens with one attached hydrogen (secondary N) is 1. The van der Waals surface area contributed by atoms with E-state index in [1.54, 1.807) is 6.21 Å². The maximum Gasteiger partial charge on any atom is 0.301 e. The summed E-state index contributed by atoms with van der Waals surface area (Å²) in [4.78, 5) is 20.5. The van der Waals surface area contributed by atoms with E-state index in [1.165, 1.54) is 12.1 Å². The number of anilines is 1. The van der Waals surface area contributed by atoms with Crippen molar-refractivity contribution < 1.29 is 9.85 Å². The summed E-state index contributed by atoms with van der Waals surface area (Å²) in [5.41, 5.74) is 3.48. The van der Waals surface area contributed by atoms with E-state index >= 15 is 0 Å². The third kappa shape index (κ3) is 2.64. The van der Waals surface area contributed by atoms with Gasteiger partial charge in [-0.15, -0.1) is 0 Å². The topological polar surface area (TPSA) is 111 Å². The van der Waals surface area contributed by atoms with Crippen LogP contribution in [0.1, 0.15) is 26.7 Å². The van der Waals surface area contributed by atoms with Gasteiger partial charge in [-0.2, -0.15) is 5.10 Å². The van der Waals surface area contributed by atoms with E-state index < -0.39 is 9.85 Å². The van der Waals surface area contributed by atoms with Gasteiger partial charge in [0.1, 0.15) is 5.69 Å². The van der Waals surface area contributed by atoms with E-state index in [0.29, 0.717) is 5.92 Å². The SMILES string of the molecule is CC1(C)[C@@H]2CC=C(/C=N\Nc3ccc([N+](=O)[O-])cc3[N+](=O)[O-])[C@H]1C2. The van der Waals surface area contributed by atoms with Gasteiger partial charge in [-0.05, 0) is 41.7 Å². The van der Waals surface area contributed by atoms with Gasteiger partial charge in [0.2, 0.25) is 0 Å². The second kappa shape index (κ2) is 5.70. The minimum absolute atomic E-state index is 0.129. The quantitative estimate of drug-likeness (QED) is 0.500. The van der Waals surface area contributed by atoms with Crippen LogP contribution in [0.5, 0.6) is 0 Å². The number of hydrogen-bond acceptors (Lipinski definition) is 6. The van der Waals surface area contributed by atoms with Gasteiger partial charge in [0.05, 0.1) is 22.1 Å². The molecular formula is C16H18N4O4. The van der Waals surface area contributed by atoms with Crippen molar-refractivity contribution in [3.05, 3.63) is 50.1 Å². The molecule has 24 heavy (non-hydrogen) atoms. The van der Waals surface area contributed by atoms with Crippen LogP contribution in [0.4, 0.5) is 17.1 Å². The Kier molecular flexibility index (Phi) is 3.82. The second-order valence-electron chi connectivity index (χ2n) is 6.83. The molecule has 3 aliphatic rings. The summed E-state index contributed by atoms with van der Waals surface area (Å²) >= 11 is 0. The third-order valence-electron chi connectivity index (χ3n) is 5.30. The summed E-state index contributed by atoms with van der Waals surface area (Å²) in [5, 5.41) is 25.9. The van der Waals surface area contributed by atoms with Gasteiger partial charge in [-0.25, -0.2) is 0 Å². The first-order chi connectivity index (χ1) is 11.3. The van der Waals surface area contributed by atoms with Gasteiger partial charge in [0.15, 0.2) is 0 Å². The lowest BCUT2D eigenvalue weighted by Gasteiger charge is -2.55. The van der Waals surface area contributed by atoms with Crippen LogP contribution in [0.25, 0.3) is 0 Å². The molecule has 1 aromatic carbocycles. The lowest BCUT2D eigenvalue weighted by molar-refractivity contribution is -0.393. The fourth-order valence-corrected chi connectivity index (χ4v) is 3.60. The molecule has 3 aliphatic carbocycles. The summed E-state index contributed by atoms with van der Waals surface area (Å²) in [5.74, 6) is 1.19. The molecule has 0 unspecified atom stereocenters. The lowest BCUT2D eigenvalue weighted by atomic mass is 9.49. The Bertz CT molecular complexity index is 769. The number of nitrogens with zero attached hydrogens (tertiary/aromatic N) is 3. The molecule has 4 rings (SSSR count). The van der Waals surface area contributed by atoms with Crippen LogP contribution in [0.15, 0.2) is 34.9 Å². The number of hydrazone groups is 1. The van der Waals surface area contributed by atoms with Gasteiger partial charge in [0.25, 0.3) is 5.69 Å². The van der Waals surface area contributed by atoms with Crippen molar-refractivity contribution >= 4 is 23.3 Å². The largest absolute Gasteiger partial charge is 0.301 e. The van der Waals surface area contributed by atoms with E-state index in [1.807, 2.05) is 0 Å². The average Bonchev–Trinajstić information content (AvgIpc) is 2.54. The van der Waals surface area contributed by atoms with Crippen LogP contribution in [0.2, 0.25) is 0 Å². The highest BCUT2D eigenvalue weighted by Crippen LogP contribution is 2.58. The van der Waals surface area contributed by atoms with Crippen molar-refractivity contribution in [3.63, 3.8) is 0 Å². The number of rotatable bonds is 5. The van der Waals surface area contributed by atoms with Crippen LogP contribution >= 0.6 is 0 Å². The molecule has 0 spiro atoms. The van der Waals surface area contributed by atoms with Crippen LogP contribution in [0, 0.1) is 37.5 Å². The van der Waals surface area contributed by atoms with Crippen molar-refractivity contribution in [1.82, 2.24) is 0 Å². The van der Waals surface area contributed by atoms with Gasteiger partial charge >= 0.3 is 5.69 Å². The number of nitro groups is 2. The zero-order valence-corrected chi connectivity index (χ0v) is 13.4. The van der Waals surface area contributed by atoms with E-state index in [4.69, 9.17) is 0 Å². The Morgan fingerprint density at radius 3 is 2.62 bits per heavy atom. The molecule has 0 saturated heterocycles. The summed E-state index contributed by atoms with van der Waals surface area (Å²) in [7, 11) is 0. The number of allylic oxidation sites excluding steroid dienone is 2. The van der Waals surface area contributed by atoms with Crippen LogP contribution in [-0.2, 0) is 0 Å². The second-order valence-corrected chi connectivity index (χ2v) is 6.83. The first kappa shape index (κ1) is 16.1. The highest BCUT2D eigenvalue weighted by molar-refractivity contribution is 5.81. The predicted molar refractivity (Wildman–Crippen MR) is 89.9 cm³/mol. The number of benzene rings is 1. The lowest BCUT2D eigenvalue weighted by Crippen LogP contribution is -2.48. The Balaban J connectivity index is 1.76. The average molecular weight is 330 g/mol. The molecule has 1 N–H and O–H groups in total. The molecule has 0 heterocycles. The van der Waals surface area contributed by atoms with Crippen molar-refractivity contribution in [1.29, 1.82) is 0 Å². The molecular weight excluding hydrogens is 312 g/mol. The molecule has 1 fully saturated rings. The van der Waals surface area contributed by atoms with E-state index in [0.717, 1.165) is 30.4 Å². The fourth-order valence-electron chi connectivity index (χ4n) is 3.60. The van der Waals surface area contributed by atoms with Crippen molar-refractivity contribution in [2.45, 2.75) is 26.7 Å². The predicted octanol–water partition coefficient (Wildman–Crippen LogP) is 3.89. The van der Waals surface area contributed by atoms with E-state index in [9.17, 15) is 20.2 Å². The highest BCUT2D eigenvalue weighted by atomic mass is 16.6. The van der Waals surface area contributed by atoms with Crippen molar-refractivity contribution in [2.24, 2.45) is 22.4 Å². The Morgan fingerprint density at radius 2 is 2.04 bits per heavy atom. The summed E-state index contributed by atoms with van der Waals surface area (Å²) in [6.07, 6.45) is 6.05. The fraction of sp³-hybridized carbons (Fsp3) is 0.438. The summed E-state index contributed by atoms with van der Waals surface area (Å²) in [6, 6.07) is 3.44. The van der Waals surface area contributed by atoms with Crippen LogP contribution in [0.3, 0.4) is 0 Å². The maximum absolute atomic E-state index is 11.1. The van der Waals surface area contributed by atoms with Gasteiger partial charge < -0.3 is 0 Å². The summed E-state index contributed by atoms with van der Waals surface area (Å²) in [6.45, 7) is 4.50. The number of hydrogen-bond donors (Lipinski definition) is 1. The van der Waals surface area contributed by atoms with Gasteiger partial charge in [-0.3, -0.25) is 25.7 Å². The molecule has 0 amide bonds. The highest BCUT2D eigenvalue weighted by Gasteiger charge is 2.50. The number of non-ortho nitro benzene ring substituents is 1. The van der Waals surface area contributed by atoms with E-state index in [2.05, 4.69) is 30.5 Å².